The summed E-state index contributed by atoms with van der Waals surface area (Å²) in [5, 5.41) is 13.4. The lowest BCUT2D eigenvalue weighted by Gasteiger charge is -2.13. The largest absolute Gasteiger partial charge is 0.392 e. The Balaban J connectivity index is 2.36. The molecule has 11 nitrogen and oxygen atoms in total. The van der Waals surface area contributed by atoms with Crippen LogP contribution >= 0.6 is 0 Å². The van der Waals surface area contributed by atoms with Gasteiger partial charge in [-0.25, -0.2) is 8.42 Å². The average Bonchev–Trinajstić information content (AvgIpc) is 2.82. The van der Waals surface area contributed by atoms with Gasteiger partial charge in [0.1, 0.15) is 0 Å². The lowest BCUT2D eigenvalue weighted by molar-refractivity contribution is 0.0154. The maximum Gasteiger partial charge on any atom is 0.180 e. The Bertz CT molecular complexity index is 904. The normalized spacial score (nSPS) is 12.3. The average molecular weight is 516 g/mol. The molecule has 0 amide bonds. The summed E-state index contributed by atoms with van der Waals surface area (Å²) in [6, 6.07) is 4.49. The SMILES string of the molecule is COCCCC(O)CS(=O)(=O)c1ccc(C)c(C(=O)CCCOCCOCCOCCN=[N+]=[N-])c1. The minimum Gasteiger partial charge on any atom is -0.392 e. The number of carbonyl (C=O) groups excluding carboxylic acids is 1. The van der Waals surface area contributed by atoms with E-state index in [1.165, 1.54) is 12.1 Å². The Kier molecular flexibility index (Phi) is 16.2. The third-order valence-electron chi connectivity index (χ3n) is 5.00. The van der Waals surface area contributed by atoms with Crippen molar-refractivity contribution in [2.75, 3.05) is 65.7 Å². The first-order valence-electron chi connectivity index (χ1n) is 11.6. The molecular formula is C23H37N3O8S. The summed E-state index contributed by atoms with van der Waals surface area (Å²) in [4.78, 5) is 15.3. The van der Waals surface area contributed by atoms with Crippen molar-refractivity contribution in [1.82, 2.24) is 0 Å². The first kappa shape index (κ1) is 31.0. The van der Waals surface area contributed by atoms with E-state index in [0.717, 1.165) is 0 Å². The van der Waals surface area contributed by atoms with Gasteiger partial charge >= 0.3 is 0 Å². The zero-order valence-corrected chi connectivity index (χ0v) is 21.4. The van der Waals surface area contributed by atoms with E-state index in [0.29, 0.717) is 76.6 Å². The van der Waals surface area contributed by atoms with Crippen molar-refractivity contribution in [1.29, 1.82) is 0 Å². The van der Waals surface area contributed by atoms with Crippen molar-refractivity contribution in [3.63, 3.8) is 0 Å². The van der Waals surface area contributed by atoms with E-state index in [2.05, 4.69) is 10.0 Å². The van der Waals surface area contributed by atoms with Gasteiger partial charge in [-0.3, -0.25) is 4.79 Å². The zero-order chi connectivity index (χ0) is 25.9. The number of aliphatic hydroxyl groups is 1. The molecule has 0 saturated heterocycles. The summed E-state index contributed by atoms with van der Waals surface area (Å²) in [7, 11) is -2.18. The zero-order valence-electron chi connectivity index (χ0n) is 20.6. The predicted molar refractivity (Wildman–Crippen MR) is 130 cm³/mol. The molecule has 12 heteroatoms. The van der Waals surface area contributed by atoms with Crippen LogP contribution in [0.5, 0.6) is 0 Å². The lowest BCUT2D eigenvalue weighted by atomic mass is 10.0. The topological polar surface area (TPSA) is 157 Å². The number of azide groups is 1. The number of hydrogen-bond acceptors (Lipinski definition) is 9. The van der Waals surface area contributed by atoms with Gasteiger partial charge in [-0.15, -0.1) is 0 Å². The third-order valence-corrected chi connectivity index (χ3v) is 6.80. The Morgan fingerprint density at radius 2 is 1.71 bits per heavy atom. The molecule has 35 heavy (non-hydrogen) atoms. The Morgan fingerprint density at radius 3 is 2.37 bits per heavy atom. The van der Waals surface area contributed by atoms with Crippen molar-refractivity contribution < 1.29 is 37.3 Å². The van der Waals surface area contributed by atoms with E-state index in [4.69, 9.17) is 24.5 Å². The number of hydrogen-bond donors (Lipinski definition) is 1. The van der Waals surface area contributed by atoms with Crippen LogP contribution in [0.3, 0.4) is 0 Å². The fourth-order valence-corrected chi connectivity index (χ4v) is 4.59. The number of rotatable bonds is 21. The molecule has 1 unspecified atom stereocenters. The number of ether oxygens (including phenoxy) is 4. The van der Waals surface area contributed by atoms with Crippen molar-refractivity contribution in [3.8, 4) is 0 Å². The summed E-state index contributed by atoms with van der Waals surface area (Å²) < 4.78 is 46.3. The highest BCUT2D eigenvalue weighted by Crippen LogP contribution is 2.20. The van der Waals surface area contributed by atoms with E-state index in [1.54, 1.807) is 20.1 Å². The molecule has 1 N–H and O–H groups in total. The van der Waals surface area contributed by atoms with Gasteiger partial charge in [-0.1, -0.05) is 11.2 Å². The van der Waals surface area contributed by atoms with Gasteiger partial charge in [0.15, 0.2) is 15.6 Å². The molecule has 1 aromatic carbocycles. The predicted octanol–water partition coefficient (Wildman–Crippen LogP) is 2.88. The molecule has 0 spiro atoms. The maximum absolute atomic E-state index is 12.7. The highest BCUT2D eigenvalue weighted by atomic mass is 32.2. The van der Waals surface area contributed by atoms with Gasteiger partial charge in [0.25, 0.3) is 0 Å². The standard InChI is InChI=1S/C23H37N3O8S/c1-19-7-8-21(35(29,30)18-20(27)5-3-10-31-2)17-22(19)23(28)6-4-11-32-13-15-34-16-14-33-12-9-25-26-24/h7-8,17,20,27H,3-6,9-16,18H2,1-2H3. The van der Waals surface area contributed by atoms with Crippen LogP contribution in [0.25, 0.3) is 10.4 Å². The van der Waals surface area contributed by atoms with Crippen LogP contribution in [0.1, 0.15) is 41.6 Å². The fourth-order valence-electron chi connectivity index (χ4n) is 3.15. The first-order chi connectivity index (χ1) is 16.8. The third kappa shape index (κ3) is 13.6. The molecule has 1 aromatic rings. The van der Waals surface area contributed by atoms with Crippen LogP contribution in [0, 0.1) is 6.92 Å². The molecule has 1 rings (SSSR count). The molecular weight excluding hydrogens is 478 g/mol. The number of aryl methyl sites for hydroxylation is 1. The van der Waals surface area contributed by atoms with Gasteiger partial charge in [0, 0.05) is 43.8 Å². The molecule has 0 bridgehead atoms. The summed E-state index contributed by atoms with van der Waals surface area (Å²) >= 11 is 0. The van der Waals surface area contributed by atoms with Crippen LogP contribution < -0.4 is 0 Å². The number of Topliss-reactive ketones (excluding diaryl/α,β-unsaturated/α-hetero) is 1. The number of aliphatic hydroxyl groups excluding tert-OH is 1. The number of methoxy groups -OCH3 is 1. The lowest BCUT2D eigenvalue weighted by Crippen LogP contribution is -2.21. The molecule has 0 fully saturated rings. The first-order valence-corrected chi connectivity index (χ1v) is 13.2. The van der Waals surface area contributed by atoms with Gasteiger partial charge in [0.05, 0.1) is 49.8 Å². The maximum atomic E-state index is 12.7. The van der Waals surface area contributed by atoms with Crippen molar-refractivity contribution >= 4 is 15.6 Å². The second-order valence-corrected chi connectivity index (χ2v) is 9.90. The van der Waals surface area contributed by atoms with Gasteiger partial charge < -0.3 is 24.1 Å². The monoisotopic (exact) mass is 515 g/mol. The molecule has 0 aliphatic carbocycles. The van der Waals surface area contributed by atoms with Gasteiger partial charge in [-0.2, -0.15) is 0 Å². The van der Waals surface area contributed by atoms with Crippen molar-refractivity contribution in [3.05, 3.63) is 39.8 Å². The van der Waals surface area contributed by atoms with E-state index in [1.807, 2.05) is 0 Å². The molecule has 0 aliphatic heterocycles. The van der Waals surface area contributed by atoms with Crippen molar-refractivity contribution in [2.45, 2.75) is 43.6 Å². The van der Waals surface area contributed by atoms with E-state index in [9.17, 15) is 18.3 Å². The summed E-state index contributed by atoms with van der Waals surface area (Å²) in [6.07, 6.45) is 0.615. The Labute approximate surface area is 207 Å². The molecule has 0 radical (unpaired) electrons. The number of sulfone groups is 1. The summed E-state index contributed by atoms with van der Waals surface area (Å²) in [6.45, 7) is 4.81. The van der Waals surface area contributed by atoms with Crippen LogP contribution in [0.15, 0.2) is 28.2 Å². The minimum absolute atomic E-state index is 0.0346. The minimum atomic E-state index is -3.73. The Hall–Kier alpha value is -2.05. The van der Waals surface area contributed by atoms with Crippen LogP contribution in [-0.4, -0.2) is 91.1 Å². The quantitative estimate of drug-likeness (QED) is 0.0860. The fraction of sp³-hybridized carbons (Fsp3) is 0.696. The van der Waals surface area contributed by atoms with Crippen LogP contribution in [0.4, 0.5) is 0 Å². The highest BCUT2D eigenvalue weighted by Gasteiger charge is 2.21. The van der Waals surface area contributed by atoms with E-state index >= 15 is 0 Å². The summed E-state index contributed by atoms with van der Waals surface area (Å²) in [5.74, 6) is -0.552. The number of ketones is 1. The van der Waals surface area contributed by atoms with Crippen LogP contribution in [-0.2, 0) is 28.8 Å². The Morgan fingerprint density at radius 1 is 1.06 bits per heavy atom. The second kappa shape index (κ2) is 18.3. The number of nitrogens with zero attached hydrogens (tertiary/aromatic N) is 3. The molecule has 198 valence electrons. The number of benzene rings is 1. The van der Waals surface area contributed by atoms with Crippen LogP contribution in [0.2, 0.25) is 0 Å². The summed E-state index contributed by atoms with van der Waals surface area (Å²) in [5.41, 5.74) is 9.20. The van der Waals surface area contributed by atoms with Gasteiger partial charge in [0.2, 0.25) is 0 Å². The molecule has 0 aliphatic rings. The molecule has 0 heterocycles. The van der Waals surface area contributed by atoms with Crippen molar-refractivity contribution in [2.24, 2.45) is 5.11 Å². The van der Waals surface area contributed by atoms with E-state index in [-0.39, 0.29) is 23.6 Å². The number of carbonyl (C=O) groups is 1. The molecule has 0 saturated carbocycles. The molecule has 1 atom stereocenters. The second-order valence-electron chi connectivity index (χ2n) is 7.87. The van der Waals surface area contributed by atoms with Gasteiger partial charge in [-0.05, 0) is 49.4 Å². The smallest absolute Gasteiger partial charge is 0.180 e. The molecule has 0 aromatic heterocycles. The highest BCUT2D eigenvalue weighted by molar-refractivity contribution is 7.91. The van der Waals surface area contributed by atoms with E-state index < -0.39 is 21.7 Å².